The molecule has 0 unspecified atom stereocenters. The van der Waals surface area contributed by atoms with E-state index in [2.05, 4.69) is 4.99 Å². The van der Waals surface area contributed by atoms with Crippen LogP contribution in [0.3, 0.4) is 0 Å². The molecule has 2 aromatic carbocycles. The molecule has 7 nitrogen and oxygen atoms in total. The van der Waals surface area contributed by atoms with E-state index in [0.29, 0.717) is 36.1 Å². The normalized spacial score (nSPS) is 15.2. The van der Waals surface area contributed by atoms with Crippen LogP contribution in [0.2, 0.25) is 0 Å². The number of aryl methyl sites for hydroxylation is 1. The van der Waals surface area contributed by atoms with Crippen LogP contribution in [0.15, 0.2) is 35.3 Å². The molecule has 2 aliphatic rings. The SMILES string of the molecule is CCn1c(=NC(=O)Cc2ccc3c(c2)OCO3)sc2cc3c(cc21)OCCO3. The van der Waals surface area contributed by atoms with Crippen molar-refractivity contribution in [1.29, 1.82) is 0 Å². The van der Waals surface area contributed by atoms with Crippen LogP contribution in [0, 0.1) is 0 Å². The zero-order valence-electron chi connectivity index (χ0n) is 15.3. The lowest BCUT2D eigenvalue weighted by Gasteiger charge is -2.18. The van der Waals surface area contributed by atoms with Crippen LogP contribution in [0.1, 0.15) is 12.5 Å². The molecule has 0 saturated carbocycles. The minimum Gasteiger partial charge on any atom is -0.486 e. The zero-order valence-corrected chi connectivity index (χ0v) is 16.1. The van der Waals surface area contributed by atoms with Crippen molar-refractivity contribution < 1.29 is 23.7 Å². The van der Waals surface area contributed by atoms with Crippen LogP contribution >= 0.6 is 11.3 Å². The summed E-state index contributed by atoms with van der Waals surface area (Å²) in [4.78, 5) is 17.6. The number of hydrogen-bond donors (Lipinski definition) is 0. The Kier molecular flexibility index (Phi) is 4.20. The number of nitrogens with zero attached hydrogens (tertiary/aromatic N) is 2. The van der Waals surface area contributed by atoms with Gasteiger partial charge in [0.1, 0.15) is 13.2 Å². The van der Waals surface area contributed by atoms with Crippen molar-refractivity contribution in [1.82, 2.24) is 4.57 Å². The highest BCUT2D eigenvalue weighted by atomic mass is 32.1. The molecule has 0 fully saturated rings. The van der Waals surface area contributed by atoms with Crippen LogP contribution in [-0.4, -0.2) is 30.5 Å². The van der Waals surface area contributed by atoms with Gasteiger partial charge in [0.2, 0.25) is 6.79 Å². The molecule has 28 heavy (non-hydrogen) atoms. The van der Waals surface area contributed by atoms with Gasteiger partial charge in [0.05, 0.1) is 16.6 Å². The van der Waals surface area contributed by atoms with Gasteiger partial charge >= 0.3 is 0 Å². The Morgan fingerprint density at radius 1 is 1.04 bits per heavy atom. The summed E-state index contributed by atoms with van der Waals surface area (Å²) in [5.41, 5.74) is 1.84. The maximum absolute atomic E-state index is 12.6. The number of carbonyl (C=O) groups excluding carboxylic acids is 1. The summed E-state index contributed by atoms with van der Waals surface area (Å²) in [6.07, 6.45) is 0.206. The number of rotatable bonds is 3. The number of ether oxygens (including phenoxy) is 4. The predicted octanol–water partition coefficient (Wildman–Crippen LogP) is 2.89. The van der Waals surface area contributed by atoms with Gasteiger partial charge in [0.25, 0.3) is 5.91 Å². The Morgan fingerprint density at radius 3 is 2.61 bits per heavy atom. The Balaban J connectivity index is 1.49. The van der Waals surface area contributed by atoms with E-state index in [1.54, 1.807) is 0 Å². The number of hydrogen-bond acceptors (Lipinski definition) is 6. The second-order valence-electron chi connectivity index (χ2n) is 6.46. The maximum atomic E-state index is 12.6. The topological polar surface area (TPSA) is 71.3 Å². The molecule has 0 N–H and O–H groups in total. The fourth-order valence-electron chi connectivity index (χ4n) is 3.37. The second kappa shape index (κ2) is 6.87. The summed E-state index contributed by atoms with van der Waals surface area (Å²) in [6, 6.07) is 9.44. The monoisotopic (exact) mass is 398 g/mol. The molecule has 0 saturated heterocycles. The first-order chi connectivity index (χ1) is 13.7. The van der Waals surface area contributed by atoms with E-state index < -0.39 is 0 Å². The van der Waals surface area contributed by atoms with Crippen molar-refractivity contribution >= 4 is 27.5 Å². The van der Waals surface area contributed by atoms with E-state index in [1.165, 1.54) is 11.3 Å². The smallest absolute Gasteiger partial charge is 0.252 e. The average Bonchev–Trinajstić information content (AvgIpc) is 3.29. The molecule has 144 valence electrons. The molecule has 0 radical (unpaired) electrons. The lowest BCUT2D eigenvalue weighted by atomic mass is 10.1. The van der Waals surface area contributed by atoms with Gasteiger partial charge in [0.15, 0.2) is 27.8 Å². The van der Waals surface area contributed by atoms with Crippen molar-refractivity contribution in [2.45, 2.75) is 19.9 Å². The van der Waals surface area contributed by atoms with Crippen LogP contribution < -0.4 is 23.7 Å². The van der Waals surface area contributed by atoms with Crippen molar-refractivity contribution in [3.63, 3.8) is 0 Å². The first kappa shape index (κ1) is 17.1. The second-order valence-corrected chi connectivity index (χ2v) is 7.47. The fourth-order valence-corrected chi connectivity index (χ4v) is 4.49. The number of fused-ring (bicyclic) bond motifs is 3. The standard InChI is InChI=1S/C20H18N2O5S/c1-2-22-13-9-16-17(25-6-5-24-16)10-18(13)28-20(22)21-19(23)8-12-3-4-14-15(7-12)27-11-26-14/h3-4,7,9-10H,2,5-6,8,11H2,1H3. The number of thiazole rings is 1. The number of benzene rings is 2. The Labute approximate surface area is 164 Å². The molecule has 3 aromatic rings. The number of carbonyl (C=O) groups is 1. The third-order valence-electron chi connectivity index (χ3n) is 4.68. The third kappa shape index (κ3) is 2.99. The van der Waals surface area contributed by atoms with Crippen molar-refractivity contribution in [3.05, 3.63) is 40.7 Å². The van der Waals surface area contributed by atoms with Gasteiger partial charge in [-0.25, -0.2) is 0 Å². The van der Waals surface area contributed by atoms with E-state index in [4.69, 9.17) is 18.9 Å². The summed E-state index contributed by atoms with van der Waals surface area (Å²) in [6.45, 7) is 4.04. The largest absolute Gasteiger partial charge is 0.486 e. The molecular weight excluding hydrogens is 380 g/mol. The Bertz CT molecular complexity index is 1150. The van der Waals surface area contributed by atoms with E-state index in [0.717, 1.165) is 27.3 Å². The maximum Gasteiger partial charge on any atom is 0.252 e. The average molecular weight is 398 g/mol. The highest BCUT2D eigenvalue weighted by molar-refractivity contribution is 7.16. The minimum absolute atomic E-state index is 0.204. The molecule has 1 aromatic heterocycles. The predicted molar refractivity (Wildman–Crippen MR) is 103 cm³/mol. The van der Waals surface area contributed by atoms with Gasteiger partial charge in [-0.2, -0.15) is 4.99 Å². The summed E-state index contributed by atoms with van der Waals surface area (Å²) >= 11 is 1.48. The van der Waals surface area contributed by atoms with Crippen LogP contribution in [-0.2, 0) is 17.8 Å². The molecule has 1 amide bonds. The van der Waals surface area contributed by atoms with Crippen LogP contribution in [0.25, 0.3) is 10.2 Å². The summed E-state index contributed by atoms with van der Waals surface area (Å²) in [5.74, 6) is 2.64. The number of aromatic nitrogens is 1. The Morgan fingerprint density at radius 2 is 1.79 bits per heavy atom. The van der Waals surface area contributed by atoms with Gasteiger partial charge in [0, 0.05) is 18.7 Å². The van der Waals surface area contributed by atoms with Gasteiger partial charge in [-0.05, 0) is 24.6 Å². The fraction of sp³-hybridized carbons (Fsp3) is 0.300. The van der Waals surface area contributed by atoms with Gasteiger partial charge in [-0.1, -0.05) is 17.4 Å². The highest BCUT2D eigenvalue weighted by Gasteiger charge is 2.17. The zero-order chi connectivity index (χ0) is 19.1. The van der Waals surface area contributed by atoms with Gasteiger partial charge < -0.3 is 23.5 Å². The molecule has 2 aliphatic heterocycles. The molecule has 0 bridgehead atoms. The third-order valence-corrected chi connectivity index (χ3v) is 5.72. The molecule has 0 spiro atoms. The summed E-state index contributed by atoms with van der Waals surface area (Å²) < 4.78 is 25.1. The number of amides is 1. The quantitative estimate of drug-likeness (QED) is 0.678. The first-order valence-corrected chi connectivity index (χ1v) is 9.92. The van der Waals surface area contributed by atoms with E-state index >= 15 is 0 Å². The highest BCUT2D eigenvalue weighted by Crippen LogP contribution is 2.35. The molecular formula is C20H18N2O5S. The molecule has 0 atom stereocenters. The molecule has 3 heterocycles. The lowest BCUT2D eigenvalue weighted by molar-refractivity contribution is -0.117. The van der Waals surface area contributed by atoms with Gasteiger partial charge in [-0.15, -0.1) is 0 Å². The Hall–Kier alpha value is -3.00. The van der Waals surface area contributed by atoms with Gasteiger partial charge in [-0.3, -0.25) is 4.79 Å². The van der Waals surface area contributed by atoms with E-state index in [1.807, 2.05) is 41.8 Å². The lowest BCUT2D eigenvalue weighted by Crippen LogP contribution is -2.17. The van der Waals surface area contributed by atoms with Crippen molar-refractivity contribution in [2.75, 3.05) is 20.0 Å². The molecule has 8 heteroatoms. The van der Waals surface area contributed by atoms with Crippen molar-refractivity contribution in [3.8, 4) is 23.0 Å². The molecule has 5 rings (SSSR count). The minimum atomic E-state index is -0.204. The van der Waals surface area contributed by atoms with Crippen LogP contribution in [0.5, 0.6) is 23.0 Å². The summed E-state index contributed by atoms with van der Waals surface area (Å²) in [5, 5.41) is 0. The van der Waals surface area contributed by atoms with E-state index in [9.17, 15) is 4.79 Å². The van der Waals surface area contributed by atoms with Crippen molar-refractivity contribution in [2.24, 2.45) is 4.99 Å². The van der Waals surface area contributed by atoms with Crippen LogP contribution in [0.4, 0.5) is 0 Å². The molecule has 0 aliphatic carbocycles. The summed E-state index contributed by atoms with van der Waals surface area (Å²) in [7, 11) is 0. The first-order valence-electron chi connectivity index (χ1n) is 9.10. The van der Waals surface area contributed by atoms with E-state index in [-0.39, 0.29) is 19.1 Å².